The molecule has 0 heterocycles. The monoisotopic (exact) mass is 240 g/mol. The van der Waals surface area contributed by atoms with Gasteiger partial charge >= 0.3 is 0 Å². The molecule has 2 saturated carbocycles. The second-order valence-corrected chi connectivity index (χ2v) is 5.38. The van der Waals surface area contributed by atoms with E-state index in [-0.39, 0.29) is 11.9 Å². The van der Waals surface area contributed by atoms with E-state index in [1.807, 2.05) is 18.2 Å². The number of rotatable bonds is 3. The van der Waals surface area contributed by atoms with Crippen LogP contribution in [0.5, 0.6) is 0 Å². The first-order chi connectivity index (χ1) is 8.75. The average molecular weight is 240 g/mol. The van der Waals surface area contributed by atoms with E-state index in [1.165, 1.54) is 5.56 Å². The topological polar surface area (TPSA) is 52.9 Å². The smallest absolute Gasteiger partial charge is 0.240 e. The summed E-state index contributed by atoms with van der Waals surface area (Å²) in [6.07, 6.45) is 3.43. The standard InChI is InChI=1S/C15H16N2O/c16-10-15(7-4-8-15)14(18)17-13-9-12(13)11-5-2-1-3-6-11/h1-3,5-6,12-13H,4,7-9H2,(H,17,18). The molecule has 2 fully saturated rings. The van der Waals surface area contributed by atoms with Crippen LogP contribution in [0.4, 0.5) is 0 Å². The second kappa shape index (κ2) is 4.13. The molecular weight excluding hydrogens is 224 g/mol. The molecule has 1 aromatic carbocycles. The first kappa shape index (κ1) is 11.3. The van der Waals surface area contributed by atoms with Gasteiger partial charge in [0, 0.05) is 12.0 Å². The lowest BCUT2D eigenvalue weighted by Gasteiger charge is -2.33. The van der Waals surface area contributed by atoms with Crippen LogP contribution in [0.2, 0.25) is 0 Å². The largest absolute Gasteiger partial charge is 0.351 e. The molecule has 1 N–H and O–H groups in total. The minimum Gasteiger partial charge on any atom is -0.351 e. The number of carbonyl (C=O) groups excluding carboxylic acids is 1. The van der Waals surface area contributed by atoms with Crippen LogP contribution < -0.4 is 5.32 Å². The highest BCUT2D eigenvalue weighted by Gasteiger charge is 2.48. The van der Waals surface area contributed by atoms with Gasteiger partial charge in [-0.25, -0.2) is 0 Å². The van der Waals surface area contributed by atoms with Crippen molar-refractivity contribution in [3.63, 3.8) is 0 Å². The third kappa shape index (κ3) is 1.78. The Labute approximate surface area is 107 Å². The average Bonchev–Trinajstić information content (AvgIpc) is 3.09. The predicted molar refractivity (Wildman–Crippen MR) is 67.6 cm³/mol. The normalized spacial score (nSPS) is 27.7. The molecule has 0 spiro atoms. The fourth-order valence-corrected chi connectivity index (χ4v) is 2.65. The summed E-state index contributed by atoms with van der Waals surface area (Å²) in [5.41, 5.74) is 0.562. The molecule has 0 aliphatic heterocycles. The molecule has 3 heteroatoms. The summed E-state index contributed by atoms with van der Waals surface area (Å²) in [6, 6.07) is 12.7. The van der Waals surface area contributed by atoms with Crippen LogP contribution in [-0.4, -0.2) is 11.9 Å². The summed E-state index contributed by atoms with van der Waals surface area (Å²) in [5, 5.41) is 12.1. The van der Waals surface area contributed by atoms with Gasteiger partial charge in [0.1, 0.15) is 5.41 Å². The van der Waals surface area contributed by atoms with E-state index in [2.05, 4.69) is 23.5 Å². The van der Waals surface area contributed by atoms with Crippen LogP contribution in [0.25, 0.3) is 0 Å². The lowest BCUT2D eigenvalue weighted by atomic mass is 9.69. The third-order valence-corrected chi connectivity index (χ3v) is 4.19. The molecule has 0 aromatic heterocycles. The Kier molecular flexibility index (Phi) is 2.59. The van der Waals surface area contributed by atoms with Gasteiger partial charge in [0.05, 0.1) is 6.07 Å². The van der Waals surface area contributed by atoms with Crippen LogP contribution in [0.1, 0.15) is 37.2 Å². The lowest BCUT2D eigenvalue weighted by Crippen LogP contribution is -2.45. The Morgan fingerprint density at radius 3 is 2.61 bits per heavy atom. The Morgan fingerprint density at radius 1 is 1.33 bits per heavy atom. The van der Waals surface area contributed by atoms with E-state index in [4.69, 9.17) is 5.26 Å². The number of nitriles is 1. The number of carbonyl (C=O) groups is 1. The van der Waals surface area contributed by atoms with E-state index in [0.29, 0.717) is 5.92 Å². The summed E-state index contributed by atoms with van der Waals surface area (Å²) in [5.74, 6) is 0.380. The van der Waals surface area contributed by atoms with Gasteiger partial charge in [-0.15, -0.1) is 0 Å². The van der Waals surface area contributed by atoms with Gasteiger partial charge in [0.15, 0.2) is 0 Å². The van der Waals surface area contributed by atoms with E-state index in [9.17, 15) is 4.79 Å². The Bertz CT molecular complexity index is 499. The number of nitrogens with one attached hydrogen (secondary N) is 1. The summed E-state index contributed by atoms with van der Waals surface area (Å²) in [4.78, 5) is 12.1. The molecule has 1 aromatic rings. The van der Waals surface area contributed by atoms with E-state index >= 15 is 0 Å². The van der Waals surface area contributed by atoms with E-state index in [0.717, 1.165) is 25.7 Å². The zero-order valence-electron chi connectivity index (χ0n) is 10.2. The van der Waals surface area contributed by atoms with Crippen LogP contribution >= 0.6 is 0 Å². The Balaban J connectivity index is 1.60. The zero-order chi connectivity index (χ0) is 12.6. The molecule has 0 saturated heterocycles. The van der Waals surface area contributed by atoms with Gasteiger partial charge in [-0.2, -0.15) is 5.26 Å². The number of benzene rings is 1. The number of hydrogen-bond acceptors (Lipinski definition) is 2. The highest BCUT2D eigenvalue weighted by Crippen LogP contribution is 2.44. The lowest BCUT2D eigenvalue weighted by molar-refractivity contribution is -0.131. The van der Waals surface area contributed by atoms with Crippen molar-refractivity contribution < 1.29 is 4.79 Å². The second-order valence-electron chi connectivity index (χ2n) is 5.38. The maximum absolute atomic E-state index is 12.1. The Morgan fingerprint density at radius 2 is 2.06 bits per heavy atom. The van der Waals surface area contributed by atoms with Crippen molar-refractivity contribution in [1.82, 2.24) is 5.32 Å². The number of amides is 1. The molecule has 2 atom stereocenters. The highest BCUT2D eigenvalue weighted by atomic mass is 16.2. The molecule has 1 amide bonds. The molecule has 2 aliphatic carbocycles. The van der Waals surface area contributed by atoms with Gasteiger partial charge in [-0.3, -0.25) is 4.79 Å². The summed E-state index contributed by atoms with van der Waals surface area (Å²) >= 11 is 0. The van der Waals surface area contributed by atoms with Crippen molar-refractivity contribution in [1.29, 1.82) is 5.26 Å². The van der Waals surface area contributed by atoms with Crippen LogP contribution in [0.3, 0.4) is 0 Å². The predicted octanol–water partition coefficient (Wildman–Crippen LogP) is 2.35. The van der Waals surface area contributed by atoms with Gasteiger partial charge < -0.3 is 5.32 Å². The molecule has 18 heavy (non-hydrogen) atoms. The van der Waals surface area contributed by atoms with Crippen LogP contribution in [0.15, 0.2) is 30.3 Å². The summed E-state index contributed by atoms with van der Waals surface area (Å²) in [7, 11) is 0. The van der Waals surface area contributed by atoms with Crippen molar-refractivity contribution in [3.8, 4) is 6.07 Å². The van der Waals surface area contributed by atoms with E-state index in [1.54, 1.807) is 0 Å². The van der Waals surface area contributed by atoms with E-state index < -0.39 is 5.41 Å². The molecule has 92 valence electrons. The van der Waals surface area contributed by atoms with Gasteiger partial charge in [-0.05, 0) is 31.2 Å². The van der Waals surface area contributed by atoms with Gasteiger partial charge in [0.25, 0.3) is 0 Å². The quantitative estimate of drug-likeness (QED) is 0.881. The van der Waals surface area contributed by atoms with Crippen molar-refractivity contribution in [2.45, 2.75) is 37.6 Å². The minimum absolute atomic E-state index is 0.0559. The molecule has 3 rings (SSSR count). The fraction of sp³-hybridized carbons (Fsp3) is 0.467. The van der Waals surface area contributed by atoms with Crippen LogP contribution in [0, 0.1) is 16.7 Å². The highest BCUT2D eigenvalue weighted by molar-refractivity contribution is 5.87. The first-order valence-corrected chi connectivity index (χ1v) is 6.52. The molecule has 0 radical (unpaired) electrons. The van der Waals surface area contributed by atoms with Crippen molar-refractivity contribution in [3.05, 3.63) is 35.9 Å². The molecule has 0 bridgehead atoms. The van der Waals surface area contributed by atoms with Crippen molar-refractivity contribution >= 4 is 5.91 Å². The fourth-order valence-electron chi connectivity index (χ4n) is 2.65. The third-order valence-electron chi connectivity index (χ3n) is 4.19. The van der Waals surface area contributed by atoms with Crippen molar-refractivity contribution in [2.24, 2.45) is 5.41 Å². The SMILES string of the molecule is N#CC1(C(=O)NC2CC2c2ccccc2)CCC1. The number of nitrogens with zero attached hydrogens (tertiary/aromatic N) is 1. The zero-order valence-corrected chi connectivity index (χ0v) is 10.2. The van der Waals surface area contributed by atoms with Crippen LogP contribution in [-0.2, 0) is 4.79 Å². The van der Waals surface area contributed by atoms with Gasteiger partial charge in [-0.1, -0.05) is 30.3 Å². The summed E-state index contributed by atoms with van der Waals surface area (Å²) < 4.78 is 0. The molecule has 2 unspecified atom stereocenters. The number of hydrogen-bond donors (Lipinski definition) is 1. The molecular formula is C15H16N2O. The maximum Gasteiger partial charge on any atom is 0.240 e. The Hall–Kier alpha value is -1.82. The first-order valence-electron chi connectivity index (χ1n) is 6.52. The van der Waals surface area contributed by atoms with Gasteiger partial charge in [0.2, 0.25) is 5.91 Å². The molecule has 2 aliphatic rings. The maximum atomic E-state index is 12.1. The van der Waals surface area contributed by atoms with Crippen molar-refractivity contribution in [2.75, 3.05) is 0 Å². The minimum atomic E-state index is -0.718. The molecule has 3 nitrogen and oxygen atoms in total. The summed E-state index contributed by atoms with van der Waals surface area (Å²) in [6.45, 7) is 0.